The first kappa shape index (κ1) is 7.03. The van der Waals surface area contributed by atoms with Crippen molar-refractivity contribution in [1.29, 1.82) is 0 Å². The zero-order chi connectivity index (χ0) is 8.23. The van der Waals surface area contributed by atoms with Crippen molar-refractivity contribution < 1.29 is 9.57 Å². The summed E-state index contributed by atoms with van der Waals surface area (Å²) in [7, 11) is 0. The molecule has 1 N–H and O–H groups in total. The molecule has 0 aromatic rings. The lowest BCUT2D eigenvalue weighted by atomic mass is 10.2. The maximum absolute atomic E-state index is 5.31. The highest BCUT2D eigenvalue weighted by molar-refractivity contribution is 5.23. The molecule has 1 unspecified atom stereocenters. The number of hydrogen-bond donors (Lipinski definition) is 1. The van der Waals surface area contributed by atoms with E-state index < -0.39 is 0 Å². The van der Waals surface area contributed by atoms with Crippen molar-refractivity contribution in [3.05, 3.63) is 48.6 Å². The smallest absolute Gasteiger partial charge is 0.159 e. The first-order chi connectivity index (χ1) is 5.97. The fourth-order valence-electron chi connectivity index (χ4n) is 1.03. The molecule has 2 aliphatic rings. The molecule has 0 amide bonds. The van der Waals surface area contributed by atoms with Gasteiger partial charge in [0, 0.05) is 0 Å². The van der Waals surface area contributed by atoms with Gasteiger partial charge in [0.25, 0.3) is 0 Å². The molecule has 0 spiro atoms. The Hall–Kier alpha value is -1.64. The van der Waals surface area contributed by atoms with Gasteiger partial charge in [0.05, 0.1) is 12.0 Å². The highest BCUT2D eigenvalue weighted by atomic mass is 16.6. The fourth-order valence-corrected chi connectivity index (χ4v) is 1.03. The molecule has 2 aliphatic heterocycles. The predicted molar refractivity (Wildman–Crippen MR) is 44.6 cm³/mol. The third-order valence-corrected chi connectivity index (χ3v) is 1.61. The van der Waals surface area contributed by atoms with Gasteiger partial charge in [-0.15, -0.1) is 0 Å². The number of hydroxylamine groups is 1. The molecule has 2 rings (SSSR count). The highest BCUT2D eigenvalue weighted by Crippen LogP contribution is 2.12. The van der Waals surface area contributed by atoms with E-state index in [0.29, 0.717) is 0 Å². The van der Waals surface area contributed by atoms with Crippen molar-refractivity contribution in [1.82, 2.24) is 5.48 Å². The van der Waals surface area contributed by atoms with E-state index in [-0.39, 0.29) is 6.10 Å². The Kier molecular flexibility index (Phi) is 1.86. The predicted octanol–water partition coefficient (Wildman–Crippen LogP) is 1.39. The molecule has 1 atom stereocenters. The van der Waals surface area contributed by atoms with Crippen LogP contribution in [-0.2, 0) is 9.57 Å². The molecule has 0 aliphatic carbocycles. The zero-order valence-corrected chi connectivity index (χ0v) is 6.44. The maximum Gasteiger partial charge on any atom is 0.159 e. The van der Waals surface area contributed by atoms with Gasteiger partial charge in [-0.05, 0) is 24.3 Å². The summed E-state index contributed by atoms with van der Waals surface area (Å²) in [6, 6.07) is 0. The van der Waals surface area contributed by atoms with Crippen molar-refractivity contribution in [2.45, 2.75) is 6.10 Å². The van der Waals surface area contributed by atoms with Gasteiger partial charge in [0.15, 0.2) is 6.10 Å². The lowest BCUT2D eigenvalue weighted by molar-refractivity contribution is 0.118. The Balaban J connectivity index is 2.09. The zero-order valence-electron chi connectivity index (χ0n) is 6.44. The Morgan fingerprint density at radius 2 is 2.17 bits per heavy atom. The molecule has 2 heterocycles. The molecule has 0 bridgehead atoms. The van der Waals surface area contributed by atoms with Gasteiger partial charge in [0.2, 0.25) is 0 Å². The molecule has 0 fully saturated rings. The van der Waals surface area contributed by atoms with E-state index >= 15 is 0 Å². The van der Waals surface area contributed by atoms with E-state index in [1.54, 1.807) is 12.5 Å². The lowest BCUT2D eigenvalue weighted by Crippen LogP contribution is -2.25. The second-order valence-corrected chi connectivity index (χ2v) is 2.44. The van der Waals surface area contributed by atoms with E-state index in [1.165, 1.54) is 0 Å². The fraction of sp³-hybridized carbons (Fsp3) is 0.111. The van der Waals surface area contributed by atoms with E-state index in [4.69, 9.17) is 9.57 Å². The molecule has 0 radical (unpaired) electrons. The summed E-state index contributed by atoms with van der Waals surface area (Å²) in [6.07, 6.45) is 12.6. The van der Waals surface area contributed by atoms with Gasteiger partial charge in [-0.25, -0.2) is 5.48 Å². The average molecular weight is 163 g/mol. The highest BCUT2D eigenvalue weighted by Gasteiger charge is 2.13. The molecule has 0 aromatic carbocycles. The van der Waals surface area contributed by atoms with Crippen LogP contribution < -0.4 is 5.48 Å². The second kappa shape index (κ2) is 3.17. The number of ether oxygens (including phenoxy) is 1. The summed E-state index contributed by atoms with van der Waals surface area (Å²) >= 11 is 0. The quantitative estimate of drug-likeness (QED) is 0.633. The minimum atomic E-state index is -0.0556. The van der Waals surface area contributed by atoms with Crippen LogP contribution in [-0.4, -0.2) is 6.10 Å². The van der Waals surface area contributed by atoms with Gasteiger partial charge in [0.1, 0.15) is 6.26 Å². The maximum atomic E-state index is 5.31. The van der Waals surface area contributed by atoms with Crippen LogP contribution in [0.3, 0.4) is 0 Å². The molecule has 0 saturated carbocycles. The SMILES string of the molecule is C1=CONC(C2C=CC=CO2)=C1. The Labute approximate surface area is 70.6 Å². The minimum absolute atomic E-state index is 0.0556. The monoisotopic (exact) mass is 163 g/mol. The van der Waals surface area contributed by atoms with Crippen LogP contribution in [0.25, 0.3) is 0 Å². The molecule has 3 heteroatoms. The van der Waals surface area contributed by atoms with Gasteiger partial charge in [-0.1, -0.05) is 6.08 Å². The average Bonchev–Trinajstić information content (AvgIpc) is 2.21. The van der Waals surface area contributed by atoms with Crippen molar-refractivity contribution >= 4 is 0 Å². The van der Waals surface area contributed by atoms with Crippen LogP contribution in [0, 0.1) is 0 Å². The van der Waals surface area contributed by atoms with E-state index in [9.17, 15) is 0 Å². The molecular weight excluding hydrogens is 154 g/mol. The number of hydrogen-bond acceptors (Lipinski definition) is 3. The molecular formula is C9H9NO2. The molecule has 0 saturated heterocycles. The van der Waals surface area contributed by atoms with Gasteiger partial charge >= 0.3 is 0 Å². The van der Waals surface area contributed by atoms with Crippen LogP contribution in [0.2, 0.25) is 0 Å². The van der Waals surface area contributed by atoms with E-state index in [1.807, 2.05) is 30.4 Å². The molecule has 3 nitrogen and oxygen atoms in total. The summed E-state index contributed by atoms with van der Waals surface area (Å²) in [5.41, 5.74) is 3.65. The van der Waals surface area contributed by atoms with Crippen molar-refractivity contribution in [3.8, 4) is 0 Å². The summed E-state index contributed by atoms with van der Waals surface area (Å²) in [6.45, 7) is 0. The summed E-state index contributed by atoms with van der Waals surface area (Å²) in [4.78, 5) is 4.90. The van der Waals surface area contributed by atoms with E-state index in [0.717, 1.165) is 5.70 Å². The lowest BCUT2D eigenvalue weighted by Gasteiger charge is -2.20. The number of rotatable bonds is 1. The molecule has 62 valence electrons. The number of nitrogens with one attached hydrogen (secondary N) is 1. The largest absolute Gasteiger partial charge is 0.488 e. The van der Waals surface area contributed by atoms with Crippen LogP contribution in [0.5, 0.6) is 0 Å². The van der Waals surface area contributed by atoms with Crippen LogP contribution >= 0.6 is 0 Å². The van der Waals surface area contributed by atoms with Crippen LogP contribution in [0.1, 0.15) is 0 Å². The first-order valence-electron chi connectivity index (χ1n) is 3.74. The minimum Gasteiger partial charge on any atom is -0.488 e. The summed E-state index contributed by atoms with van der Waals surface area (Å²) < 4.78 is 5.31. The summed E-state index contributed by atoms with van der Waals surface area (Å²) in [5, 5.41) is 0. The molecule has 12 heavy (non-hydrogen) atoms. The number of allylic oxidation sites excluding steroid dienone is 4. The Morgan fingerprint density at radius 3 is 2.83 bits per heavy atom. The van der Waals surface area contributed by atoms with Crippen LogP contribution in [0.4, 0.5) is 0 Å². The van der Waals surface area contributed by atoms with Crippen molar-refractivity contribution in [3.63, 3.8) is 0 Å². The van der Waals surface area contributed by atoms with Crippen LogP contribution in [0.15, 0.2) is 48.6 Å². The first-order valence-corrected chi connectivity index (χ1v) is 3.74. The third kappa shape index (κ3) is 1.34. The van der Waals surface area contributed by atoms with Crippen molar-refractivity contribution in [2.75, 3.05) is 0 Å². The van der Waals surface area contributed by atoms with Gasteiger partial charge in [-0.3, -0.25) is 0 Å². The summed E-state index contributed by atoms with van der Waals surface area (Å²) in [5.74, 6) is 0. The standard InChI is InChI=1S/C9H9NO2/c1-2-6-11-9(5-1)8-4-3-7-12-10-8/h1-7,9-10H. The van der Waals surface area contributed by atoms with E-state index in [2.05, 4.69) is 5.48 Å². The Bertz CT molecular complexity index is 276. The van der Waals surface area contributed by atoms with Gasteiger partial charge in [-0.2, -0.15) is 0 Å². The topological polar surface area (TPSA) is 30.5 Å². The molecule has 0 aromatic heterocycles. The van der Waals surface area contributed by atoms with Gasteiger partial charge < -0.3 is 9.57 Å². The normalized spacial score (nSPS) is 25.3. The third-order valence-electron chi connectivity index (χ3n) is 1.61. The van der Waals surface area contributed by atoms with Crippen molar-refractivity contribution in [2.24, 2.45) is 0 Å². The Morgan fingerprint density at radius 1 is 1.17 bits per heavy atom. The second-order valence-electron chi connectivity index (χ2n) is 2.44.